The molecular formula is C20H16BrCl2N3O3. The Morgan fingerprint density at radius 2 is 1.90 bits per heavy atom. The van der Waals surface area contributed by atoms with E-state index in [0.29, 0.717) is 22.3 Å². The molecule has 6 nitrogen and oxygen atoms in total. The van der Waals surface area contributed by atoms with Gasteiger partial charge in [-0.3, -0.25) is 9.59 Å². The predicted molar refractivity (Wildman–Crippen MR) is 119 cm³/mol. The van der Waals surface area contributed by atoms with Crippen molar-refractivity contribution in [2.24, 2.45) is 5.10 Å². The molecule has 0 saturated carbocycles. The molecule has 0 amide bonds. The summed E-state index contributed by atoms with van der Waals surface area (Å²) in [5.74, 6) is 0.0354. The van der Waals surface area contributed by atoms with Crippen LogP contribution in [0.1, 0.15) is 38.1 Å². The van der Waals surface area contributed by atoms with E-state index in [1.54, 1.807) is 24.3 Å². The maximum absolute atomic E-state index is 13.0. The number of ether oxygens (including phenoxy) is 1. The van der Waals surface area contributed by atoms with Gasteiger partial charge in [0, 0.05) is 17.3 Å². The van der Waals surface area contributed by atoms with Crippen molar-refractivity contribution in [2.75, 3.05) is 0 Å². The highest BCUT2D eigenvalue weighted by Gasteiger charge is 2.15. The lowest BCUT2D eigenvalue weighted by molar-refractivity contribution is -0.131. The highest BCUT2D eigenvalue weighted by Crippen LogP contribution is 2.34. The molecular weight excluding hydrogens is 481 g/mol. The normalized spacial score (nSPS) is 11.6. The van der Waals surface area contributed by atoms with Crippen molar-refractivity contribution in [3.63, 3.8) is 0 Å². The molecule has 29 heavy (non-hydrogen) atoms. The molecule has 150 valence electrons. The van der Waals surface area contributed by atoms with E-state index in [2.05, 4.69) is 26.0 Å². The smallest absolute Gasteiger partial charge is 0.308 e. The van der Waals surface area contributed by atoms with Gasteiger partial charge in [0.05, 0.1) is 27.2 Å². The Morgan fingerprint density at radius 1 is 1.24 bits per heavy atom. The summed E-state index contributed by atoms with van der Waals surface area (Å²) in [7, 11) is 0. The van der Waals surface area contributed by atoms with E-state index in [-0.39, 0.29) is 27.3 Å². The standard InChI is InChI=1S/C20H16BrCl2N3O3/c1-10(2)19-25-17-5-4-13(21)8-14(17)20(28)26(19)24-9-12-6-15(22)18(16(23)7-12)29-11(3)27/h4-10H,1-3H3. The fraction of sp³-hybridized carbons (Fsp3) is 0.200. The molecule has 0 fully saturated rings. The molecule has 9 heteroatoms. The number of carbonyl (C=O) groups is 1. The maximum Gasteiger partial charge on any atom is 0.308 e. The maximum atomic E-state index is 13.0. The first-order chi connectivity index (χ1) is 13.7. The number of fused-ring (bicyclic) bond motifs is 1. The van der Waals surface area contributed by atoms with Gasteiger partial charge in [0.15, 0.2) is 5.75 Å². The highest BCUT2D eigenvalue weighted by atomic mass is 79.9. The van der Waals surface area contributed by atoms with Crippen LogP contribution in [0.2, 0.25) is 10.0 Å². The van der Waals surface area contributed by atoms with Gasteiger partial charge in [0.2, 0.25) is 0 Å². The molecule has 0 aliphatic rings. The van der Waals surface area contributed by atoms with Crippen LogP contribution in [0, 0.1) is 0 Å². The first-order valence-electron chi connectivity index (χ1n) is 8.61. The van der Waals surface area contributed by atoms with Crippen LogP contribution in [0.15, 0.2) is 44.7 Å². The largest absolute Gasteiger partial charge is 0.424 e. The van der Waals surface area contributed by atoms with Gasteiger partial charge >= 0.3 is 5.97 Å². The van der Waals surface area contributed by atoms with Gasteiger partial charge < -0.3 is 4.74 Å². The van der Waals surface area contributed by atoms with Crippen molar-refractivity contribution >= 4 is 62.2 Å². The van der Waals surface area contributed by atoms with Crippen LogP contribution < -0.4 is 10.3 Å². The number of halogens is 3. The third-order valence-electron chi connectivity index (χ3n) is 3.94. The van der Waals surface area contributed by atoms with Crippen LogP contribution in [0.5, 0.6) is 5.75 Å². The van der Waals surface area contributed by atoms with Gasteiger partial charge in [0.1, 0.15) is 5.82 Å². The SMILES string of the molecule is CC(=O)Oc1c(Cl)cc(C=Nn2c(C(C)C)nc3ccc(Br)cc3c2=O)cc1Cl. The second-order valence-corrected chi connectivity index (χ2v) is 8.29. The average Bonchev–Trinajstić information content (AvgIpc) is 2.64. The van der Waals surface area contributed by atoms with Crippen LogP contribution in [0.3, 0.4) is 0 Å². The number of hydrogen-bond donors (Lipinski definition) is 0. The number of benzene rings is 2. The van der Waals surface area contributed by atoms with Gasteiger partial charge in [-0.2, -0.15) is 9.78 Å². The molecule has 1 heterocycles. The molecule has 3 aromatic rings. The third-order valence-corrected chi connectivity index (χ3v) is 4.99. The van der Waals surface area contributed by atoms with Crippen molar-refractivity contribution < 1.29 is 9.53 Å². The molecule has 0 aliphatic carbocycles. The summed E-state index contributed by atoms with van der Waals surface area (Å²) in [6.07, 6.45) is 1.45. The van der Waals surface area contributed by atoms with Crippen LogP contribution in [0.4, 0.5) is 0 Å². The van der Waals surface area contributed by atoms with Crippen molar-refractivity contribution in [3.05, 3.63) is 66.6 Å². The van der Waals surface area contributed by atoms with Crippen LogP contribution in [-0.4, -0.2) is 21.8 Å². The molecule has 0 spiro atoms. The van der Waals surface area contributed by atoms with Gasteiger partial charge in [-0.15, -0.1) is 0 Å². The zero-order valence-corrected chi connectivity index (χ0v) is 18.8. The number of carbonyl (C=O) groups excluding carboxylic acids is 1. The number of nitrogens with zero attached hydrogens (tertiary/aromatic N) is 3. The van der Waals surface area contributed by atoms with Gasteiger partial charge in [-0.25, -0.2) is 4.98 Å². The van der Waals surface area contributed by atoms with Crippen molar-refractivity contribution in [1.29, 1.82) is 0 Å². The molecule has 0 atom stereocenters. The van der Waals surface area contributed by atoms with E-state index in [9.17, 15) is 9.59 Å². The molecule has 0 unspecified atom stereocenters. The fourth-order valence-electron chi connectivity index (χ4n) is 2.67. The van der Waals surface area contributed by atoms with Crippen LogP contribution >= 0.6 is 39.1 Å². The molecule has 3 rings (SSSR count). The van der Waals surface area contributed by atoms with Crippen LogP contribution in [0.25, 0.3) is 10.9 Å². The Bertz CT molecular complexity index is 1180. The minimum Gasteiger partial charge on any atom is -0.424 e. The average molecular weight is 497 g/mol. The summed E-state index contributed by atoms with van der Waals surface area (Å²) in [6.45, 7) is 5.12. The lowest BCUT2D eigenvalue weighted by Gasteiger charge is -2.12. The van der Waals surface area contributed by atoms with Crippen LogP contribution in [-0.2, 0) is 4.79 Å². The predicted octanol–water partition coefficient (Wildman–Crippen LogP) is 5.40. The Hall–Kier alpha value is -2.22. The number of hydrogen-bond acceptors (Lipinski definition) is 5. The molecule has 0 radical (unpaired) electrons. The van der Waals surface area contributed by atoms with Gasteiger partial charge in [0.25, 0.3) is 5.56 Å². The summed E-state index contributed by atoms with van der Waals surface area (Å²) < 4.78 is 7.05. The van der Waals surface area contributed by atoms with Crippen molar-refractivity contribution in [1.82, 2.24) is 9.66 Å². The lowest BCUT2D eigenvalue weighted by atomic mass is 10.2. The van der Waals surface area contributed by atoms with Crippen molar-refractivity contribution in [3.8, 4) is 5.75 Å². The molecule has 1 aromatic heterocycles. The van der Waals surface area contributed by atoms with E-state index in [4.69, 9.17) is 27.9 Å². The first-order valence-corrected chi connectivity index (χ1v) is 10.2. The second-order valence-electron chi connectivity index (χ2n) is 6.56. The monoisotopic (exact) mass is 495 g/mol. The topological polar surface area (TPSA) is 73.5 Å². The van der Waals surface area contributed by atoms with Gasteiger partial charge in [-0.05, 0) is 35.9 Å². The molecule has 0 bridgehead atoms. The summed E-state index contributed by atoms with van der Waals surface area (Å²) in [5, 5.41) is 5.09. The summed E-state index contributed by atoms with van der Waals surface area (Å²) in [6, 6.07) is 8.42. The minimum atomic E-state index is -0.531. The number of rotatable bonds is 4. The van der Waals surface area contributed by atoms with E-state index in [1.807, 2.05) is 19.9 Å². The molecule has 0 saturated heterocycles. The molecule has 2 aromatic carbocycles. The first kappa shape index (κ1) is 21.5. The zero-order valence-electron chi connectivity index (χ0n) is 15.7. The summed E-state index contributed by atoms with van der Waals surface area (Å²) in [5.41, 5.74) is 0.849. The van der Waals surface area contributed by atoms with Gasteiger partial charge in [-0.1, -0.05) is 53.0 Å². The molecule has 0 N–H and O–H groups in total. The van der Waals surface area contributed by atoms with E-state index in [1.165, 1.54) is 17.8 Å². The van der Waals surface area contributed by atoms with Crippen molar-refractivity contribution in [2.45, 2.75) is 26.7 Å². The Kier molecular flexibility index (Phi) is 6.41. The Morgan fingerprint density at radius 3 is 2.48 bits per heavy atom. The number of esters is 1. The number of aromatic nitrogens is 2. The third kappa shape index (κ3) is 4.69. The minimum absolute atomic E-state index is 0.0357. The summed E-state index contributed by atoms with van der Waals surface area (Å²) >= 11 is 15.7. The zero-order chi connectivity index (χ0) is 21.3. The lowest BCUT2D eigenvalue weighted by Crippen LogP contribution is -2.23. The second kappa shape index (κ2) is 8.65. The quantitative estimate of drug-likeness (QED) is 0.275. The van der Waals surface area contributed by atoms with E-state index >= 15 is 0 Å². The highest BCUT2D eigenvalue weighted by molar-refractivity contribution is 9.10. The fourth-order valence-corrected chi connectivity index (χ4v) is 3.61. The van der Waals surface area contributed by atoms with E-state index < -0.39 is 5.97 Å². The van der Waals surface area contributed by atoms with E-state index in [0.717, 1.165) is 4.47 Å². The molecule has 0 aliphatic heterocycles. The summed E-state index contributed by atoms with van der Waals surface area (Å²) in [4.78, 5) is 28.8. The Balaban J connectivity index is 2.11. The Labute approximate surface area is 185 Å².